The summed E-state index contributed by atoms with van der Waals surface area (Å²) >= 11 is 2.94. The van der Waals surface area contributed by atoms with Gasteiger partial charge in [0.1, 0.15) is 5.76 Å². The zero-order valence-corrected chi connectivity index (χ0v) is 17.6. The van der Waals surface area contributed by atoms with Crippen molar-refractivity contribution in [2.75, 3.05) is 0 Å². The quantitative estimate of drug-likeness (QED) is 0.375. The van der Waals surface area contributed by atoms with Gasteiger partial charge in [0, 0.05) is 40.9 Å². The second-order valence-electron chi connectivity index (χ2n) is 6.58. The fourth-order valence-corrected chi connectivity index (χ4v) is 4.84. The van der Waals surface area contributed by atoms with Crippen molar-refractivity contribution in [1.29, 1.82) is 0 Å². The highest BCUT2D eigenvalue weighted by Gasteiger charge is 2.17. The van der Waals surface area contributed by atoms with Crippen molar-refractivity contribution in [3.63, 3.8) is 0 Å². The number of aryl methyl sites for hydroxylation is 1. The minimum atomic E-state index is -0.0672. The highest BCUT2D eigenvalue weighted by atomic mass is 32.2. The number of furan rings is 1. The summed E-state index contributed by atoms with van der Waals surface area (Å²) in [5, 5.41) is 11.4. The molecule has 0 N–H and O–H groups in total. The standard InChI is InChI=1S/C20H16N6O2S2/c1-13-11-29-19-22-15(8-17(27)26(13)19)12-30-20-24-23-18(14-4-2-6-21-9-14)25(20)10-16-5-3-7-28-16/h2-9,11H,10,12H2,1H3. The summed E-state index contributed by atoms with van der Waals surface area (Å²) in [6.45, 7) is 2.39. The van der Waals surface area contributed by atoms with Crippen molar-refractivity contribution < 1.29 is 4.42 Å². The molecule has 8 nitrogen and oxygen atoms in total. The SMILES string of the molecule is Cc1csc2nc(CSc3nnc(-c4cccnc4)n3Cc3ccco3)cc(=O)n12. The van der Waals surface area contributed by atoms with Gasteiger partial charge in [-0.15, -0.1) is 21.5 Å². The third-order valence-electron chi connectivity index (χ3n) is 4.51. The van der Waals surface area contributed by atoms with E-state index in [0.717, 1.165) is 22.2 Å². The van der Waals surface area contributed by atoms with Crippen LogP contribution in [0.25, 0.3) is 16.3 Å². The van der Waals surface area contributed by atoms with Gasteiger partial charge in [0.15, 0.2) is 15.9 Å². The van der Waals surface area contributed by atoms with E-state index >= 15 is 0 Å². The maximum absolute atomic E-state index is 12.4. The van der Waals surface area contributed by atoms with E-state index < -0.39 is 0 Å². The molecule has 5 heterocycles. The first-order valence-corrected chi connectivity index (χ1v) is 11.0. The van der Waals surface area contributed by atoms with E-state index in [1.54, 1.807) is 29.1 Å². The first-order chi connectivity index (χ1) is 14.7. The highest BCUT2D eigenvalue weighted by Crippen LogP contribution is 2.27. The molecule has 0 aliphatic carbocycles. The molecule has 0 amide bonds. The molecular weight excluding hydrogens is 420 g/mol. The van der Waals surface area contributed by atoms with Crippen molar-refractivity contribution >= 4 is 28.1 Å². The molecule has 30 heavy (non-hydrogen) atoms. The minimum Gasteiger partial charge on any atom is -0.467 e. The maximum Gasteiger partial charge on any atom is 0.258 e. The van der Waals surface area contributed by atoms with Crippen LogP contribution in [0.1, 0.15) is 17.1 Å². The molecule has 0 aromatic carbocycles. The summed E-state index contributed by atoms with van der Waals surface area (Å²) in [6.07, 6.45) is 5.12. The number of pyridine rings is 1. The summed E-state index contributed by atoms with van der Waals surface area (Å²) < 4.78 is 9.14. The van der Waals surface area contributed by atoms with Gasteiger partial charge in [0.2, 0.25) is 0 Å². The van der Waals surface area contributed by atoms with E-state index in [2.05, 4.69) is 20.2 Å². The summed E-state index contributed by atoms with van der Waals surface area (Å²) in [7, 11) is 0. The number of aromatic nitrogens is 6. The van der Waals surface area contributed by atoms with Crippen molar-refractivity contribution in [3.8, 4) is 11.4 Å². The predicted octanol–water partition coefficient (Wildman–Crippen LogP) is 3.65. The Kier molecular flexibility index (Phi) is 4.93. The highest BCUT2D eigenvalue weighted by molar-refractivity contribution is 7.98. The normalized spacial score (nSPS) is 11.4. The average Bonchev–Trinajstić information content (AvgIpc) is 3.49. The van der Waals surface area contributed by atoms with Crippen molar-refractivity contribution in [1.82, 2.24) is 29.1 Å². The van der Waals surface area contributed by atoms with Gasteiger partial charge in [0.05, 0.1) is 18.5 Å². The predicted molar refractivity (Wildman–Crippen MR) is 115 cm³/mol. The molecule has 5 aromatic heterocycles. The number of hydrogen-bond donors (Lipinski definition) is 0. The second kappa shape index (κ2) is 7.88. The monoisotopic (exact) mass is 436 g/mol. The van der Waals surface area contributed by atoms with Gasteiger partial charge < -0.3 is 4.42 Å². The topological polar surface area (TPSA) is 91.1 Å². The van der Waals surface area contributed by atoms with Crippen molar-refractivity contribution in [2.24, 2.45) is 0 Å². The zero-order chi connectivity index (χ0) is 20.5. The van der Waals surface area contributed by atoms with E-state index in [-0.39, 0.29) is 5.56 Å². The lowest BCUT2D eigenvalue weighted by atomic mass is 10.2. The van der Waals surface area contributed by atoms with Gasteiger partial charge in [-0.3, -0.25) is 18.7 Å². The molecule has 0 aliphatic rings. The van der Waals surface area contributed by atoms with Crippen LogP contribution in [-0.4, -0.2) is 29.1 Å². The van der Waals surface area contributed by atoms with Gasteiger partial charge >= 0.3 is 0 Å². The first-order valence-electron chi connectivity index (χ1n) is 9.14. The van der Waals surface area contributed by atoms with Crippen LogP contribution < -0.4 is 5.56 Å². The van der Waals surface area contributed by atoms with Crippen LogP contribution in [0.5, 0.6) is 0 Å². The van der Waals surface area contributed by atoms with Gasteiger partial charge in [-0.1, -0.05) is 11.8 Å². The number of fused-ring (bicyclic) bond motifs is 1. The molecule has 0 spiro atoms. The van der Waals surface area contributed by atoms with Gasteiger partial charge in [-0.25, -0.2) is 4.98 Å². The summed E-state index contributed by atoms with van der Waals surface area (Å²) in [5.74, 6) is 2.01. The summed E-state index contributed by atoms with van der Waals surface area (Å²) in [5.41, 5.74) is 2.41. The van der Waals surface area contributed by atoms with Crippen LogP contribution in [0.15, 0.2) is 68.7 Å². The average molecular weight is 437 g/mol. The fraction of sp³-hybridized carbons (Fsp3) is 0.150. The Labute approximate surface area is 179 Å². The Morgan fingerprint density at radius 3 is 2.97 bits per heavy atom. The molecule has 0 fully saturated rings. The molecule has 0 bridgehead atoms. The largest absolute Gasteiger partial charge is 0.467 e. The lowest BCUT2D eigenvalue weighted by Gasteiger charge is -2.08. The van der Waals surface area contributed by atoms with E-state index in [9.17, 15) is 4.79 Å². The molecule has 0 saturated carbocycles. The smallest absolute Gasteiger partial charge is 0.258 e. The first kappa shape index (κ1) is 18.8. The Hall–Kier alpha value is -3.24. The van der Waals surface area contributed by atoms with Gasteiger partial charge in [-0.05, 0) is 31.2 Å². The summed E-state index contributed by atoms with van der Waals surface area (Å²) in [6, 6.07) is 9.15. The van der Waals surface area contributed by atoms with Crippen LogP contribution in [-0.2, 0) is 12.3 Å². The number of rotatable bonds is 6. The Balaban J connectivity index is 1.47. The molecule has 0 saturated heterocycles. The van der Waals surface area contributed by atoms with Crippen LogP contribution in [0.2, 0.25) is 0 Å². The van der Waals surface area contributed by atoms with E-state index in [1.165, 1.54) is 23.1 Å². The molecule has 0 atom stereocenters. The zero-order valence-electron chi connectivity index (χ0n) is 15.9. The second-order valence-corrected chi connectivity index (χ2v) is 8.36. The lowest BCUT2D eigenvalue weighted by Crippen LogP contribution is -2.14. The lowest BCUT2D eigenvalue weighted by molar-refractivity contribution is 0.485. The minimum absolute atomic E-state index is 0.0672. The fourth-order valence-electron chi connectivity index (χ4n) is 3.12. The number of hydrogen-bond acceptors (Lipinski definition) is 8. The molecule has 5 rings (SSSR count). The van der Waals surface area contributed by atoms with Gasteiger partial charge in [0.25, 0.3) is 5.56 Å². The molecule has 0 radical (unpaired) electrons. The number of thiazole rings is 1. The maximum atomic E-state index is 12.4. The Morgan fingerprint density at radius 2 is 2.17 bits per heavy atom. The number of thioether (sulfide) groups is 1. The number of nitrogens with zero attached hydrogens (tertiary/aromatic N) is 6. The van der Waals surface area contributed by atoms with E-state index in [4.69, 9.17) is 4.42 Å². The van der Waals surface area contributed by atoms with Crippen LogP contribution in [0.4, 0.5) is 0 Å². The van der Waals surface area contributed by atoms with Gasteiger partial charge in [-0.2, -0.15) is 0 Å². The Morgan fingerprint density at radius 1 is 1.23 bits per heavy atom. The van der Waals surface area contributed by atoms with Crippen LogP contribution in [0, 0.1) is 6.92 Å². The summed E-state index contributed by atoms with van der Waals surface area (Å²) in [4.78, 5) is 21.9. The third kappa shape index (κ3) is 3.55. The molecule has 10 heteroatoms. The molecule has 0 aliphatic heterocycles. The molecule has 150 valence electrons. The Bertz CT molecular complexity index is 1360. The van der Waals surface area contributed by atoms with Crippen LogP contribution >= 0.6 is 23.1 Å². The molecular formula is C20H16N6O2S2. The van der Waals surface area contributed by atoms with Crippen LogP contribution in [0.3, 0.4) is 0 Å². The molecule has 0 unspecified atom stereocenters. The van der Waals surface area contributed by atoms with Crippen molar-refractivity contribution in [2.45, 2.75) is 24.4 Å². The van der Waals surface area contributed by atoms with E-state index in [1.807, 2.05) is 41.1 Å². The molecule has 5 aromatic rings. The van der Waals surface area contributed by atoms with Crippen molar-refractivity contribution in [3.05, 3.63) is 81.9 Å². The van der Waals surface area contributed by atoms with E-state index in [0.29, 0.717) is 28.8 Å². The third-order valence-corrected chi connectivity index (χ3v) is 6.45.